The molecular weight excluding hydrogens is 432 g/mol. The molecule has 6 nitrogen and oxygen atoms in total. The lowest BCUT2D eigenvalue weighted by Crippen LogP contribution is -2.54. The fraction of sp³-hybridized carbons (Fsp3) is 0.385. The Kier molecular flexibility index (Phi) is 6.71. The number of hydrogen-bond acceptors (Lipinski definition) is 6. The smallest absolute Gasteiger partial charge is 0.237 e. The molecule has 2 aromatic carbocycles. The number of nitrogens with zero attached hydrogens (tertiary/aromatic N) is 3. The van der Waals surface area contributed by atoms with E-state index in [0.29, 0.717) is 6.61 Å². The maximum Gasteiger partial charge on any atom is 0.237 e. The van der Waals surface area contributed by atoms with Crippen LogP contribution in [0.25, 0.3) is 11.3 Å². The maximum atomic E-state index is 12.2. The second-order valence-corrected chi connectivity index (χ2v) is 9.62. The van der Waals surface area contributed by atoms with Crippen LogP contribution in [0.1, 0.15) is 29.5 Å². The van der Waals surface area contributed by atoms with E-state index in [2.05, 4.69) is 57.8 Å². The van der Waals surface area contributed by atoms with Gasteiger partial charge < -0.3 is 10.1 Å². The third kappa shape index (κ3) is 5.11. The summed E-state index contributed by atoms with van der Waals surface area (Å²) in [5.41, 5.74) is 4.64. The Morgan fingerprint density at radius 2 is 2.03 bits per heavy atom. The van der Waals surface area contributed by atoms with Gasteiger partial charge in [-0.15, -0.1) is 11.3 Å². The van der Waals surface area contributed by atoms with Crippen LogP contribution in [0.15, 0.2) is 53.9 Å². The van der Waals surface area contributed by atoms with Gasteiger partial charge in [-0.05, 0) is 24.1 Å². The molecule has 3 heterocycles. The topological polar surface area (TPSA) is 57.7 Å². The third-order valence-electron chi connectivity index (χ3n) is 6.38. The van der Waals surface area contributed by atoms with Crippen molar-refractivity contribution >= 4 is 17.2 Å². The Morgan fingerprint density at radius 1 is 1.15 bits per heavy atom. The van der Waals surface area contributed by atoms with Crippen molar-refractivity contribution in [2.24, 2.45) is 0 Å². The average Bonchev–Trinajstić information content (AvgIpc) is 3.20. The molecule has 5 rings (SSSR count). The Morgan fingerprint density at radius 3 is 2.88 bits per heavy atom. The van der Waals surface area contributed by atoms with Crippen LogP contribution in [0.2, 0.25) is 0 Å². The van der Waals surface area contributed by atoms with E-state index in [1.165, 1.54) is 11.1 Å². The first-order valence-corrected chi connectivity index (χ1v) is 12.6. The van der Waals surface area contributed by atoms with Crippen LogP contribution in [0.3, 0.4) is 0 Å². The highest BCUT2D eigenvalue weighted by Gasteiger charge is 2.28. The fourth-order valence-corrected chi connectivity index (χ4v) is 5.53. The van der Waals surface area contributed by atoms with Crippen molar-refractivity contribution in [2.45, 2.75) is 39.0 Å². The lowest BCUT2D eigenvalue weighted by Gasteiger charge is -2.34. The number of nitrogens with one attached hydrogen (secondary N) is 1. The number of carbonyl (C=O) groups excluding carboxylic acids is 1. The lowest BCUT2D eigenvalue weighted by molar-refractivity contribution is -0.129. The van der Waals surface area contributed by atoms with Gasteiger partial charge >= 0.3 is 0 Å². The van der Waals surface area contributed by atoms with Gasteiger partial charge in [-0.1, -0.05) is 43.3 Å². The van der Waals surface area contributed by atoms with E-state index in [1.807, 2.05) is 18.2 Å². The third-order valence-corrected chi connectivity index (χ3v) is 7.21. The summed E-state index contributed by atoms with van der Waals surface area (Å²) < 4.78 is 6.06. The maximum absolute atomic E-state index is 12.2. The highest BCUT2D eigenvalue weighted by Crippen LogP contribution is 2.28. The number of amides is 1. The fourth-order valence-electron chi connectivity index (χ4n) is 4.68. The van der Waals surface area contributed by atoms with E-state index in [1.54, 1.807) is 11.3 Å². The van der Waals surface area contributed by atoms with Crippen molar-refractivity contribution in [3.8, 4) is 17.0 Å². The molecule has 1 unspecified atom stereocenters. The van der Waals surface area contributed by atoms with Gasteiger partial charge in [-0.2, -0.15) is 0 Å². The molecule has 33 heavy (non-hydrogen) atoms. The summed E-state index contributed by atoms with van der Waals surface area (Å²) in [4.78, 5) is 21.8. The van der Waals surface area contributed by atoms with E-state index < -0.39 is 0 Å². The number of fused-ring (bicyclic) bond motifs is 1. The van der Waals surface area contributed by atoms with Gasteiger partial charge in [0.15, 0.2) is 0 Å². The normalized spacial score (nSPS) is 19.4. The van der Waals surface area contributed by atoms with Gasteiger partial charge in [0, 0.05) is 49.2 Å². The predicted molar refractivity (Wildman–Crippen MR) is 131 cm³/mol. The first-order chi connectivity index (χ1) is 16.2. The standard InChI is InChI=1S/C26H30N4O2S/c1-2-23-26(31)27-10-11-30(23)15-19-8-9-24-21(14-19)16-29(12-13-32-24)17-25-28-22(18-33-25)20-6-4-3-5-7-20/h3-9,14,18,23H,2,10-13,15-17H2,1H3,(H,27,31). The number of carbonyl (C=O) groups is 1. The van der Waals surface area contributed by atoms with Gasteiger partial charge in [0.1, 0.15) is 17.4 Å². The number of aromatic nitrogens is 1. The molecule has 0 spiro atoms. The second-order valence-electron chi connectivity index (χ2n) is 8.68. The Hall–Kier alpha value is -2.74. The number of piperazine rings is 1. The average molecular weight is 463 g/mol. The molecule has 1 aromatic heterocycles. The monoisotopic (exact) mass is 462 g/mol. The minimum Gasteiger partial charge on any atom is -0.492 e. The summed E-state index contributed by atoms with van der Waals surface area (Å²) in [6.45, 7) is 7.66. The molecular formula is C26H30N4O2S. The summed E-state index contributed by atoms with van der Waals surface area (Å²) in [6, 6.07) is 16.8. The molecule has 0 aliphatic carbocycles. The largest absolute Gasteiger partial charge is 0.492 e. The van der Waals surface area contributed by atoms with Crippen LogP contribution in [0.4, 0.5) is 0 Å². The summed E-state index contributed by atoms with van der Waals surface area (Å²) in [5.74, 6) is 1.11. The Labute approximate surface area is 199 Å². The molecule has 0 radical (unpaired) electrons. The summed E-state index contributed by atoms with van der Waals surface area (Å²) in [7, 11) is 0. The molecule has 1 atom stereocenters. The first kappa shape index (κ1) is 22.1. The van der Waals surface area contributed by atoms with Crippen LogP contribution >= 0.6 is 11.3 Å². The second kappa shape index (κ2) is 10.0. The quantitative estimate of drug-likeness (QED) is 0.602. The number of benzene rings is 2. The Bertz CT molecular complexity index is 1100. The van der Waals surface area contributed by atoms with Crippen molar-refractivity contribution in [1.82, 2.24) is 20.1 Å². The van der Waals surface area contributed by atoms with Crippen LogP contribution in [-0.2, 0) is 24.4 Å². The minimum atomic E-state index is -0.0472. The van der Waals surface area contributed by atoms with Crippen LogP contribution in [0, 0.1) is 0 Å². The zero-order chi connectivity index (χ0) is 22.6. The van der Waals surface area contributed by atoms with Crippen LogP contribution < -0.4 is 10.1 Å². The zero-order valence-corrected chi connectivity index (χ0v) is 19.8. The van der Waals surface area contributed by atoms with Crippen molar-refractivity contribution in [3.63, 3.8) is 0 Å². The van der Waals surface area contributed by atoms with Gasteiger partial charge in [0.05, 0.1) is 18.3 Å². The molecule has 2 aliphatic rings. The number of rotatable bonds is 6. The van der Waals surface area contributed by atoms with Crippen LogP contribution in [0.5, 0.6) is 5.75 Å². The lowest BCUT2D eigenvalue weighted by atomic mass is 10.1. The van der Waals surface area contributed by atoms with E-state index in [0.717, 1.165) is 67.7 Å². The molecule has 1 N–H and O–H groups in total. The van der Waals surface area contributed by atoms with E-state index in [-0.39, 0.29) is 11.9 Å². The molecule has 172 valence electrons. The van der Waals surface area contributed by atoms with Gasteiger partial charge in [0.2, 0.25) is 5.91 Å². The summed E-state index contributed by atoms with van der Waals surface area (Å²) in [5, 5.41) is 6.25. The van der Waals surface area contributed by atoms with Crippen molar-refractivity contribution in [3.05, 3.63) is 70.0 Å². The highest BCUT2D eigenvalue weighted by atomic mass is 32.1. The molecule has 1 fully saturated rings. The van der Waals surface area contributed by atoms with Crippen molar-refractivity contribution < 1.29 is 9.53 Å². The van der Waals surface area contributed by atoms with Crippen LogP contribution in [-0.4, -0.2) is 53.0 Å². The first-order valence-electron chi connectivity index (χ1n) is 11.7. The molecule has 0 bridgehead atoms. The van der Waals surface area contributed by atoms with Gasteiger partial charge in [0.25, 0.3) is 0 Å². The van der Waals surface area contributed by atoms with E-state index in [9.17, 15) is 4.79 Å². The van der Waals surface area contributed by atoms with E-state index >= 15 is 0 Å². The number of hydrogen-bond donors (Lipinski definition) is 1. The van der Waals surface area contributed by atoms with Crippen molar-refractivity contribution in [2.75, 3.05) is 26.2 Å². The van der Waals surface area contributed by atoms with Gasteiger partial charge in [-0.25, -0.2) is 4.98 Å². The SMILES string of the molecule is CCC1C(=O)NCCN1Cc1ccc2c(c1)CN(Cc1nc(-c3ccccc3)cs1)CCO2. The molecule has 1 saturated heterocycles. The molecule has 2 aliphatic heterocycles. The molecule has 0 saturated carbocycles. The molecule has 1 amide bonds. The summed E-state index contributed by atoms with van der Waals surface area (Å²) in [6.07, 6.45) is 0.826. The predicted octanol–water partition coefficient (Wildman–Crippen LogP) is 3.92. The highest BCUT2D eigenvalue weighted by molar-refractivity contribution is 7.09. The Balaban J connectivity index is 1.28. The number of ether oxygens (including phenoxy) is 1. The minimum absolute atomic E-state index is 0.0472. The zero-order valence-electron chi connectivity index (χ0n) is 19.0. The van der Waals surface area contributed by atoms with Crippen molar-refractivity contribution in [1.29, 1.82) is 0 Å². The number of thiazole rings is 1. The molecule has 7 heteroatoms. The van der Waals surface area contributed by atoms with Gasteiger partial charge in [-0.3, -0.25) is 14.6 Å². The summed E-state index contributed by atoms with van der Waals surface area (Å²) >= 11 is 1.72. The molecule has 3 aromatic rings. The van der Waals surface area contributed by atoms with E-state index in [4.69, 9.17) is 9.72 Å².